The highest BCUT2D eigenvalue weighted by molar-refractivity contribution is 5.38. The summed E-state index contributed by atoms with van der Waals surface area (Å²) in [6, 6.07) is 5.17. The van der Waals surface area contributed by atoms with Crippen molar-refractivity contribution in [2.45, 2.75) is 33.0 Å². The molecule has 21 heavy (non-hydrogen) atoms. The van der Waals surface area contributed by atoms with Crippen LogP contribution < -0.4 is 5.32 Å². The van der Waals surface area contributed by atoms with Crippen LogP contribution in [0, 0.1) is 6.92 Å². The number of halogens is 3. The number of aromatic nitrogens is 2. The van der Waals surface area contributed by atoms with E-state index >= 15 is 0 Å². The van der Waals surface area contributed by atoms with Gasteiger partial charge in [0.2, 0.25) is 0 Å². The highest BCUT2D eigenvalue weighted by Gasteiger charge is 2.30. The lowest BCUT2D eigenvalue weighted by Crippen LogP contribution is -2.18. The van der Waals surface area contributed by atoms with Crippen molar-refractivity contribution in [3.8, 4) is 5.69 Å². The minimum atomic E-state index is -4.32. The molecule has 2 aromatic rings. The van der Waals surface area contributed by atoms with Crippen LogP contribution in [0.1, 0.15) is 36.7 Å². The van der Waals surface area contributed by atoms with Gasteiger partial charge in [0.1, 0.15) is 0 Å². The smallest absolute Gasteiger partial charge is 0.310 e. The van der Waals surface area contributed by atoms with E-state index in [1.54, 1.807) is 10.9 Å². The summed E-state index contributed by atoms with van der Waals surface area (Å²) in [7, 11) is 0. The molecule has 1 atom stereocenters. The Balaban J connectivity index is 2.31. The molecule has 1 N–H and O–H groups in total. The Hall–Kier alpha value is -1.82. The lowest BCUT2D eigenvalue weighted by Gasteiger charge is -2.13. The SMILES string of the molecule is CCNC(C)c1cnn(-c2ccc(C(F)(F)F)cc2)c1C. The van der Waals surface area contributed by atoms with Crippen molar-refractivity contribution in [1.29, 1.82) is 0 Å². The lowest BCUT2D eigenvalue weighted by atomic mass is 10.1. The zero-order chi connectivity index (χ0) is 15.6. The van der Waals surface area contributed by atoms with Crippen LogP contribution in [0.25, 0.3) is 5.69 Å². The Bertz CT molecular complexity index is 600. The number of nitrogens with one attached hydrogen (secondary N) is 1. The fraction of sp³-hybridized carbons (Fsp3) is 0.400. The number of rotatable bonds is 4. The number of benzene rings is 1. The Morgan fingerprint density at radius 2 is 1.86 bits per heavy atom. The first-order valence-electron chi connectivity index (χ1n) is 6.80. The molecule has 1 aromatic heterocycles. The maximum absolute atomic E-state index is 12.6. The van der Waals surface area contributed by atoms with Gasteiger partial charge in [-0.1, -0.05) is 6.92 Å². The largest absolute Gasteiger partial charge is 0.416 e. The van der Waals surface area contributed by atoms with Crippen LogP contribution in [0.5, 0.6) is 0 Å². The molecule has 6 heteroatoms. The van der Waals surface area contributed by atoms with E-state index in [1.165, 1.54) is 12.1 Å². The second kappa shape index (κ2) is 5.89. The predicted octanol–water partition coefficient (Wildman–Crippen LogP) is 3.87. The predicted molar refractivity (Wildman–Crippen MR) is 75.4 cm³/mol. The molecule has 3 nitrogen and oxygen atoms in total. The quantitative estimate of drug-likeness (QED) is 0.928. The molecule has 0 amide bonds. The molecule has 0 spiro atoms. The van der Waals surface area contributed by atoms with Gasteiger partial charge in [0.25, 0.3) is 0 Å². The van der Waals surface area contributed by atoms with Gasteiger partial charge < -0.3 is 5.32 Å². The minimum Gasteiger partial charge on any atom is -0.310 e. The van der Waals surface area contributed by atoms with Crippen LogP contribution in [-0.4, -0.2) is 16.3 Å². The van der Waals surface area contributed by atoms with Gasteiger partial charge in [0.05, 0.1) is 17.4 Å². The molecule has 0 fully saturated rings. The van der Waals surface area contributed by atoms with E-state index in [4.69, 9.17) is 0 Å². The van der Waals surface area contributed by atoms with Gasteiger partial charge >= 0.3 is 6.18 Å². The second-order valence-electron chi connectivity index (χ2n) is 4.92. The molecule has 0 bridgehead atoms. The summed E-state index contributed by atoms with van der Waals surface area (Å²) in [6.07, 6.45) is -2.57. The van der Waals surface area contributed by atoms with Gasteiger partial charge in [0, 0.05) is 17.3 Å². The third-order valence-corrected chi connectivity index (χ3v) is 3.46. The standard InChI is InChI=1S/C15H18F3N3/c1-4-19-10(2)14-9-20-21(11(14)3)13-7-5-12(6-8-13)15(16,17)18/h5-10,19H,4H2,1-3H3. The maximum atomic E-state index is 12.6. The van der Waals surface area contributed by atoms with Crippen molar-refractivity contribution in [3.05, 3.63) is 47.3 Å². The van der Waals surface area contributed by atoms with Crippen molar-refractivity contribution in [2.24, 2.45) is 0 Å². The van der Waals surface area contributed by atoms with Gasteiger partial charge in [-0.15, -0.1) is 0 Å². The zero-order valence-electron chi connectivity index (χ0n) is 12.2. The van der Waals surface area contributed by atoms with E-state index in [0.717, 1.165) is 29.9 Å². The van der Waals surface area contributed by atoms with E-state index in [-0.39, 0.29) is 6.04 Å². The van der Waals surface area contributed by atoms with Gasteiger partial charge in [-0.25, -0.2) is 4.68 Å². The molecule has 1 unspecified atom stereocenters. The van der Waals surface area contributed by atoms with Crippen LogP contribution in [-0.2, 0) is 6.18 Å². The molecule has 1 heterocycles. The van der Waals surface area contributed by atoms with E-state index in [0.29, 0.717) is 5.69 Å². The summed E-state index contributed by atoms with van der Waals surface area (Å²) in [5.74, 6) is 0. The van der Waals surface area contributed by atoms with E-state index in [9.17, 15) is 13.2 Å². The van der Waals surface area contributed by atoms with Crippen LogP contribution in [0.2, 0.25) is 0 Å². The summed E-state index contributed by atoms with van der Waals surface area (Å²) in [5, 5.41) is 7.57. The first-order valence-corrected chi connectivity index (χ1v) is 6.80. The molecule has 114 valence electrons. The lowest BCUT2D eigenvalue weighted by molar-refractivity contribution is -0.137. The molecule has 0 aliphatic heterocycles. The maximum Gasteiger partial charge on any atom is 0.416 e. The summed E-state index contributed by atoms with van der Waals surface area (Å²) in [5.41, 5.74) is 1.92. The van der Waals surface area contributed by atoms with Crippen molar-refractivity contribution >= 4 is 0 Å². The first-order chi connectivity index (χ1) is 9.84. The van der Waals surface area contributed by atoms with E-state index in [1.807, 2.05) is 20.8 Å². The molecule has 0 aliphatic rings. The van der Waals surface area contributed by atoms with Crippen LogP contribution >= 0.6 is 0 Å². The molecule has 2 rings (SSSR count). The molecule has 1 aromatic carbocycles. The van der Waals surface area contributed by atoms with E-state index in [2.05, 4.69) is 10.4 Å². The van der Waals surface area contributed by atoms with Crippen LogP contribution in [0.3, 0.4) is 0 Å². The number of nitrogens with zero attached hydrogens (tertiary/aromatic N) is 2. The van der Waals surface area contributed by atoms with Crippen molar-refractivity contribution in [3.63, 3.8) is 0 Å². The van der Waals surface area contributed by atoms with Crippen LogP contribution in [0.4, 0.5) is 13.2 Å². The van der Waals surface area contributed by atoms with Gasteiger partial charge in [-0.3, -0.25) is 0 Å². The Labute approximate surface area is 121 Å². The normalized spacial score (nSPS) is 13.4. The molecular formula is C15H18F3N3. The third kappa shape index (κ3) is 3.26. The molecule has 0 saturated heterocycles. The van der Waals surface area contributed by atoms with Crippen LogP contribution in [0.15, 0.2) is 30.5 Å². The second-order valence-corrected chi connectivity index (χ2v) is 4.92. The van der Waals surface area contributed by atoms with Gasteiger partial charge in [-0.05, 0) is 44.7 Å². The zero-order valence-corrected chi connectivity index (χ0v) is 12.2. The van der Waals surface area contributed by atoms with Crippen molar-refractivity contribution < 1.29 is 13.2 Å². The average Bonchev–Trinajstić information content (AvgIpc) is 2.80. The molecule has 0 aliphatic carbocycles. The first kappa shape index (κ1) is 15.6. The van der Waals surface area contributed by atoms with Crippen molar-refractivity contribution in [2.75, 3.05) is 6.54 Å². The number of alkyl halides is 3. The van der Waals surface area contributed by atoms with Gasteiger partial charge in [-0.2, -0.15) is 18.3 Å². The summed E-state index contributed by atoms with van der Waals surface area (Å²) < 4.78 is 39.4. The van der Waals surface area contributed by atoms with Gasteiger partial charge in [0.15, 0.2) is 0 Å². The monoisotopic (exact) mass is 297 g/mol. The highest BCUT2D eigenvalue weighted by Crippen LogP contribution is 2.30. The van der Waals surface area contributed by atoms with E-state index < -0.39 is 11.7 Å². The fourth-order valence-electron chi connectivity index (χ4n) is 2.32. The number of hydrogen-bond donors (Lipinski definition) is 1. The summed E-state index contributed by atoms with van der Waals surface area (Å²) >= 11 is 0. The fourth-order valence-corrected chi connectivity index (χ4v) is 2.32. The Kier molecular flexibility index (Phi) is 4.37. The number of hydrogen-bond acceptors (Lipinski definition) is 2. The topological polar surface area (TPSA) is 29.9 Å². The Morgan fingerprint density at radius 1 is 1.24 bits per heavy atom. The molecule has 0 radical (unpaired) electrons. The summed E-state index contributed by atoms with van der Waals surface area (Å²) in [6.45, 7) is 6.80. The van der Waals surface area contributed by atoms with Crippen molar-refractivity contribution in [1.82, 2.24) is 15.1 Å². The summed E-state index contributed by atoms with van der Waals surface area (Å²) in [4.78, 5) is 0. The Morgan fingerprint density at radius 3 is 2.38 bits per heavy atom. The third-order valence-electron chi connectivity index (χ3n) is 3.46. The molecular weight excluding hydrogens is 279 g/mol. The highest BCUT2D eigenvalue weighted by atomic mass is 19.4. The minimum absolute atomic E-state index is 0.151. The molecule has 0 saturated carbocycles. The average molecular weight is 297 g/mol.